The lowest BCUT2D eigenvalue weighted by atomic mass is 9.88. The number of hydrogen-bond acceptors (Lipinski definition) is 4. The number of amides is 1. The number of carbonyl (C=O) groups is 1. The van der Waals surface area contributed by atoms with Crippen molar-refractivity contribution in [2.75, 3.05) is 26.6 Å². The Balaban J connectivity index is 1.80. The molecule has 1 saturated heterocycles. The van der Waals surface area contributed by atoms with E-state index in [-0.39, 0.29) is 18.1 Å². The fourth-order valence-electron chi connectivity index (χ4n) is 2.66. The van der Waals surface area contributed by atoms with Crippen LogP contribution in [0.4, 0.5) is 0 Å². The van der Waals surface area contributed by atoms with Gasteiger partial charge in [0.25, 0.3) is 0 Å². The molecule has 3 rings (SSSR count). The van der Waals surface area contributed by atoms with E-state index >= 15 is 0 Å². The van der Waals surface area contributed by atoms with E-state index in [9.17, 15) is 4.79 Å². The van der Waals surface area contributed by atoms with Crippen molar-refractivity contribution in [3.63, 3.8) is 0 Å². The van der Waals surface area contributed by atoms with E-state index in [0.29, 0.717) is 26.3 Å². The molecule has 2 aliphatic heterocycles. The lowest BCUT2D eigenvalue weighted by Gasteiger charge is -2.41. The fourth-order valence-corrected chi connectivity index (χ4v) is 2.66. The molecule has 21 heavy (non-hydrogen) atoms. The highest BCUT2D eigenvalue weighted by Gasteiger charge is 2.36. The molecule has 0 aliphatic carbocycles. The summed E-state index contributed by atoms with van der Waals surface area (Å²) in [4.78, 5) is 13.9. The standard InChI is InChI=1S/C16H19NO4/c1-3-14(18)17(8-16(2)9-19-10-16)7-12-5-4-6-13-15(12)21-11-20-13/h3-6H,1,7-11H2,2H3. The number of hydrogen-bond donors (Lipinski definition) is 0. The van der Waals surface area contributed by atoms with Crippen LogP contribution in [0.3, 0.4) is 0 Å². The number of rotatable bonds is 5. The van der Waals surface area contributed by atoms with Gasteiger partial charge < -0.3 is 19.1 Å². The van der Waals surface area contributed by atoms with E-state index in [1.165, 1.54) is 6.08 Å². The molecular formula is C16H19NO4. The zero-order valence-electron chi connectivity index (χ0n) is 12.1. The van der Waals surface area contributed by atoms with Crippen LogP contribution in [0.5, 0.6) is 11.5 Å². The second-order valence-electron chi connectivity index (χ2n) is 5.85. The monoisotopic (exact) mass is 289 g/mol. The molecule has 0 spiro atoms. The Hall–Kier alpha value is -2.01. The van der Waals surface area contributed by atoms with Gasteiger partial charge in [0.1, 0.15) is 0 Å². The summed E-state index contributed by atoms with van der Waals surface area (Å²) in [6.45, 7) is 8.42. The van der Waals surface area contributed by atoms with Gasteiger partial charge in [-0.2, -0.15) is 0 Å². The fraction of sp³-hybridized carbons (Fsp3) is 0.438. The van der Waals surface area contributed by atoms with Crippen LogP contribution in [0.15, 0.2) is 30.9 Å². The average Bonchev–Trinajstić information content (AvgIpc) is 2.93. The second-order valence-corrected chi connectivity index (χ2v) is 5.85. The average molecular weight is 289 g/mol. The number of nitrogens with zero attached hydrogens (tertiary/aromatic N) is 1. The SMILES string of the molecule is C=CC(=O)N(Cc1cccc2c1OCO2)CC1(C)COC1. The molecular weight excluding hydrogens is 270 g/mol. The lowest BCUT2D eigenvalue weighted by Crippen LogP contribution is -2.49. The lowest BCUT2D eigenvalue weighted by molar-refractivity contribution is -0.141. The summed E-state index contributed by atoms with van der Waals surface area (Å²) in [5.41, 5.74) is 0.970. The highest BCUT2D eigenvalue weighted by molar-refractivity contribution is 5.87. The molecule has 112 valence electrons. The minimum atomic E-state index is -0.0837. The minimum Gasteiger partial charge on any atom is -0.454 e. The van der Waals surface area contributed by atoms with Crippen molar-refractivity contribution in [1.29, 1.82) is 0 Å². The van der Waals surface area contributed by atoms with E-state index in [1.54, 1.807) is 4.90 Å². The summed E-state index contributed by atoms with van der Waals surface area (Å²) in [6.07, 6.45) is 1.35. The van der Waals surface area contributed by atoms with Crippen LogP contribution in [0.25, 0.3) is 0 Å². The molecule has 1 aromatic carbocycles. The van der Waals surface area contributed by atoms with Crippen LogP contribution in [-0.4, -0.2) is 37.4 Å². The largest absolute Gasteiger partial charge is 0.454 e. The number of ether oxygens (including phenoxy) is 3. The van der Waals surface area contributed by atoms with Crippen LogP contribution in [0, 0.1) is 5.41 Å². The van der Waals surface area contributed by atoms with Gasteiger partial charge in [0.15, 0.2) is 11.5 Å². The molecule has 0 aromatic heterocycles. The quantitative estimate of drug-likeness (QED) is 0.778. The summed E-state index contributed by atoms with van der Waals surface area (Å²) < 4.78 is 16.1. The van der Waals surface area contributed by atoms with Crippen LogP contribution in [0.2, 0.25) is 0 Å². The van der Waals surface area contributed by atoms with Gasteiger partial charge in [-0.3, -0.25) is 4.79 Å². The number of carbonyl (C=O) groups excluding carboxylic acids is 1. The highest BCUT2D eigenvalue weighted by atomic mass is 16.7. The first kappa shape index (κ1) is 13.9. The Morgan fingerprint density at radius 1 is 1.43 bits per heavy atom. The predicted molar refractivity (Wildman–Crippen MR) is 77.1 cm³/mol. The number of para-hydroxylation sites is 1. The molecule has 0 radical (unpaired) electrons. The summed E-state index contributed by atoms with van der Waals surface area (Å²) in [7, 11) is 0. The maximum Gasteiger partial charge on any atom is 0.246 e. The number of benzene rings is 1. The van der Waals surface area contributed by atoms with Gasteiger partial charge >= 0.3 is 0 Å². The van der Waals surface area contributed by atoms with Crippen LogP contribution in [0.1, 0.15) is 12.5 Å². The Labute approximate surface area is 124 Å². The first-order chi connectivity index (χ1) is 10.1. The first-order valence-corrected chi connectivity index (χ1v) is 6.98. The first-order valence-electron chi connectivity index (χ1n) is 6.98. The molecule has 5 nitrogen and oxygen atoms in total. The predicted octanol–water partition coefficient (Wildman–Crippen LogP) is 1.97. The van der Waals surface area contributed by atoms with Gasteiger partial charge in [0.05, 0.1) is 13.2 Å². The molecule has 2 aliphatic rings. The molecule has 0 saturated carbocycles. The third kappa shape index (κ3) is 2.74. The van der Waals surface area contributed by atoms with Gasteiger partial charge in [-0.1, -0.05) is 25.6 Å². The normalized spacial score (nSPS) is 18.0. The van der Waals surface area contributed by atoms with E-state index in [1.807, 2.05) is 18.2 Å². The Bertz CT molecular complexity index is 565. The molecule has 0 N–H and O–H groups in total. The topological polar surface area (TPSA) is 48.0 Å². The molecule has 0 unspecified atom stereocenters. The van der Waals surface area contributed by atoms with Crippen molar-refractivity contribution in [1.82, 2.24) is 4.90 Å². The molecule has 1 amide bonds. The summed E-state index contributed by atoms with van der Waals surface area (Å²) in [5.74, 6) is 1.38. The third-order valence-electron chi connectivity index (χ3n) is 3.80. The summed E-state index contributed by atoms with van der Waals surface area (Å²) in [5, 5.41) is 0. The molecule has 0 atom stereocenters. The number of fused-ring (bicyclic) bond motifs is 1. The smallest absolute Gasteiger partial charge is 0.246 e. The van der Waals surface area contributed by atoms with Crippen molar-refractivity contribution < 1.29 is 19.0 Å². The van der Waals surface area contributed by atoms with Gasteiger partial charge in [-0.25, -0.2) is 0 Å². The third-order valence-corrected chi connectivity index (χ3v) is 3.80. The van der Waals surface area contributed by atoms with E-state index < -0.39 is 0 Å². The zero-order chi connectivity index (χ0) is 14.9. The Kier molecular flexibility index (Phi) is 3.59. The van der Waals surface area contributed by atoms with Crippen LogP contribution >= 0.6 is 0 Å². The summed E-state index contributed by atoms with van der Waals surface area (Å²) >= 11 is 0. The molecule has 0 bridgehead atoms. The summed E-state index contributed by atoms with van der Waals surface area (Å²) in [6, 6.07) is 5.73. The Morgan fingerprint density at radius 3 is 2.90 bits per heavy atom. The van der Waals surface area contributed by atoms with Crippen molar-refractivity contribution in [3.05, 3.63) is 36.4 Å². The maximum atomic E-state index is 12.1. The van der Waals surface area contributed by atoms with Gasteiger partial charge in [0.2, 0.25) is 12.7 Å². The maximum absolute atomic E-state index is 12.1. The van der Waals surface area contributed by atoms with E-state index in [0.717, 1.165) is 17.1 Å². The van der Waals surface area contributed by atoms with E-state index in [2.05, 4.69) is 13.5 Å². The minimum absolute atomic E-state index is 0.0218. The van der Waals surface area contributed by atoms with Crippen molar-refractivity contribution in [2.24, 2.45) is 5.41 Å². The Morgan fingerprint density at radius 2 is 2.24 bits per heavy atom. The van der Waals surface area contributed by atoms with Gasteiger partial charge in [0, 0.05) is 24.1 Å². The zero-order valence-corrected chi connectivity index (χ0v) is 12.1. The van der Waals surface area contributed by atoms with Gasteiger partial charge in [-0.15, -0.1) is 0 Å². The second kappa shape index (κ2) is 5.41. The van der Waals surface area contributed by atoms with Crippen molar-refractivity contribution in [2.45, 2.75) is 13.5 Å². The molecule has 2 heterocycles. The van der Waals surface area contributed by atoms with Crippen LogP contribution < -0.4 is 9.47 Å². The molecule has 1 fully saturated rings. The van der Waals surface area contributed by atoms with Gasteiger partial charge in [-0.05, 0) is 12.1 Å². The van der Waals surface area contributed by atoms with Crippen molar-refractivity contribution in [3.8, 4) is 11.5 Å². The van der Waals surface area contributed by atoms with Crippen molar-refractivity contribution >= 4 is 5.91 Å². The highest BCUT2D eigenvalue weighted by Crippen LogP contribution is 2.36. The molecule has 1 aromatic rings. The van der Waals surface area contributed by atoms with E-state index in [4.69, 9.17) is 14.2 Å². The molecule has 5 heteroatoms. The van der Waals surface area contributed by atoms with Crippen LogP contribution in [-0.2, 0) is 16.1 Å².